The second kappa shape index (κ2) is 5.04. The van der Waals surface area contributed by atoms with Crippen LogP contribution in [0.5, 0.6) is 5.75 Å². The molecule has 0 aliphatic heterocycles. The number of nitrogens with one attached hydrogen (secondary N) is 1. The molecule has 17 heavy (non-hydrogen) atoms. The normalized spacial score (nSPS) is 18.3. The number of rotatable bonds is 3. The van der Waals surface area contributed by atoms with Crippen molar-refractivity contribution in [3.63, 3.8) is 0 Å². The van der Waals surface area contributed by atoms with Gasteiger partial charge in [-0.05, 0) is 37.8 Å². The summed E-state index contributed by atoms with van der Waals surface area (Å²) in [7, 11) is 0. The second-order valence-electron chi connectivity index (χ2n) is 4.47. The number of carbonyl (C=O) groups is 1. The third-order valence-corrected chi connectivity index (χ3v) is 3.14. The molecular weight excluding hydrogens is 214 g/mol. The topological polar surface area (TPSA) is 49.3 Å². The number of benzene rings is 1. The molecule has 1 aliphatic rings. The third-order valence-electron chi connectivity index (χ3n) is 3.14. The van der Waals surface area contributed by atoms with Crippen LogP contribution in [0.4, 0.5) is 5.69 Å². The van der Waals surface area contributed by atoms with Gasteiger partial charge < -0.3 is 10.4 Å². The SMILES string of the molecule is Cc1c(O)cccc1NC(=O)CC1C=CCC1. The lowest BCUT2D eigenvalue weighted by molar-refractivity contribution is -0.116. The number of amides is 1. The predicted octanol–water partition coefficient (Wildman–Crippen LogP) is 3.00. The van der Waals surface area contributed by atoms with Gasteiger partial charge in [-0.3, -0.25) is 4.79 Å². The molecule has 2 N–H and O–H groups in total. The second-order valence-corrected chi connectivity index (χ2v) is 4.47. The summed E-state index contributed by atoms with van der Waals surface area (Å²) < 4.78 is 0. The van der Waals surface area contributed by atoms with Crippen LogP contribution >= 0.6 is 0 Å². The summed E-state index contributed by atoms with van der Waals surface area (Å²) in [6.45, 7) is 1.79. The van der Waals surface area contributed by atoms with Crippen molar-refractivity contribution < 1.29 is 9.90 Å². The quantitative estimate of drug-likeness (QED) is 0.786. The largest absolute Gasteiger partial charge is 0.508 e. The summed E-state index contributed by atoms with van der Waals surface area (Å²) in [6.07, 6.45) is 6.88. The first kappa shape index (κ1) is 11.7. The van der Waals surface area contributed by atoms with E-state index in [1.807, 2.05) is 0 Å². The van der Waals surface area contributed by atoms with E-state index in [0.717, 1.165) is 12.8 Å². The minimum Gasteiger partial charge on any atom is -0.508 e. The predicted molar refractivity (Wildman–Crippen MR) is 68.0 cm³/mol. The first-order chi connectivity index (χ1) is 8.16. The van der Waals surface area contributed by atoms with Crippen molar-refractivity contribution in [1.29, 1.82) is 0 Å². The Balaban J connectivity index is 1.98. The Kier molecular flexibility index (Phi) is 3.47. The van der Waals surface area contributed by atoms with Gasteiger partial charge in [-0.2, -0.15) is 0 Å². The number of hydrogen-bond acceptors (Lipinski definition) is 2. The molecule has 90 valence electrons. The summed E-state index contributed by atoms with van der Waals surface area (Å²) >= 11 is 0. The van der Waals surface area contributed by atoms with Crippen molar-refractivity contribution in [1.82, 2.24) is 0 Å². The molecule has 0 heterocycles. The highest BCUT2D eigenvalue weighted by atomic mass is 16.3. The maximum absolute atomic E-state index is 11.8. The molecule has 0 spiro atoms. The molecule has 0 bridgehead atoms. The van der Waals surface area contributed by atoms with E-state index < -0.39 is 0 Å². The highest BCUT2D eigenvalue weighted by Gasteiger charge is 2.14. The van der Waals surface area contributed by atoms with Crippen molar-refractivity contribution in [2.45, 2.75) is 26.2 Å². The monoisotopic (exact) mass is 231 g/mol. The Morgan fingerprint density at radius 3 is 3.06 bits per heavy atom. The molecule has 0 saturated carbocycles. The average molecular weight is 231 g/mol. The van der Waals surface area contributed by atoms with E-state index in [1.165, 1.54) is 0 Å². The maximum atomic E-state index is 11.8. The van der Waals surface area contributed by atoms with Crippen molar-refractivity contribution >= 4 is 11.6 Å². The fraction of sp³-hybridized carbons (Fsp3) is 0.357. The zero-order valence-electron chi connectivity index (χ0n) is 9.94. The number of aromatic hydroxyl groups is 1. The molecule has 1 unspecified atom stereocenters. The summed E-state index contributed by atoms with van der Waals surface area (Å²) in [5.74, 6) is 0.589. The highest BCUT2D eigenvalue weighted by molar-refractivity contribution is 5.92. The van der Waals surface area contributed by atoms with Gasteiger partial charge in [0.2, 0.25) is 5.91 Å². The number of anilines is 1. The van der Waals surface area contributed by atoms with Crippen molar-refractivity contribution in [2.24, 2.45) is 5.92 Å². The summed E-state index contributed by atoms with van der Waals surface area (Å²) in [6, 6.07) is 5.15. The Morgan fingerprint density at radius 1 is 1.53 bits per heavy atom. The number of carbonyl (C=O) groups excluding carboxylic acids is 1. The molecule has 0 radical (unpaired) electrons. The van der Waals surface area contributed by atoms with Crippen LogP contribution in [0.3, 0.4) is 0 Å². The fourth-order valence-electron chi connectivity index (χ4n) is 2.06. The molecular formula is C14H17NO2. The van der Waals surface area contributed by atoms with Gasteiger partial charge in [0.25, 0.3) is 0 Å². The fourth-order valence-corrected chi connectivity index (χ4v) is 2.06. The van der Waals surface area contributed by atoms with E-state index in [4.69, 9.17) is 0 Å². The molecule has 0 fully saturated rings. The number of phenols is 1. The summed E-state index contributed by atoms with van der Waals surface area (Å²) in [5, 5.41) is 12.4. The van der Waals surface area contributed by atoms with Crippen LogP contribution in [-0.2, 0) is 4.79 Å². The van der Waals surface area contributed by atoms with Gasteiger partial charge in [-0.15, -0.1) is 0 Å². The molecule has 0 saturated heterocycles. The summed E-state index contributed by atoms with van der Waals surface area (Å²) in [5.41, 5.74) is 1.40. The molecule has 1 aliphatic carbocycles. The molecule has 1 amide bonds. The van der Waals surface area contributed by atoms with E-state index >= 15 is 0 Å². The minimum atomic E-state index is 0.00949. The smallest absolute Gasteiger partial charge is 0.224 e. The van der Waals surface area contributed by atoms with Crippen LogP contribution in [0, 0.1) is 12.8 Å². The zero-order valence-corrected chi connectivity index (χ0v) is 9.94. The van der Waals surface area contributed by atoms with E-state index in [0.29, 0.717) is 23.6 Å². The van der Waals surface area contributed by atoms with Crippen LogP contribution < -0.4 is 5.32 Å². The lowest BCUT2D eigenvalue weighted by Gasteiger charge is -2.11. The lowest BCUT2D eigenvalue weighted by Crippen LogP contribution is -2.15. The average Bonchev–Trinajstić information content (AvgIpc) is 2.77. The van der Waals surface area contributed by atoms with Crippen LogP contribution in [-0.4, -0.2) is 11.0 Å². The van der Waals surface area contributed by atoms with E-state index in [-0.39, 0.29) is 11.7 Å². The highest BCUT2D eigenvalue weighted by Crippen LogP contribution is 2.25. The van der Waals surface area contributed by atoms with Gasteiger partial charge >= 0.3 is 0 Å². The third kappa shape index (κ3) is 2.87. The number of phenolic OH excluding ortho intramolecular Hbond substituents is 1. The van der Waals surface area contributed by atoms with Gasteiger partial charge in [0.05, 0.1) is 0 Å². The van der Waals surface area contributed by atoms with E-state index in [1.54, 1.807) is 25.1 Å². The van der Waals surface area contributed by atoms with Crippen LogP contribution in [0.25, 0.3) is 0 Å². The number of hydrogen-bond donors (Lipinski definition) is 2. The Labute approximate surface area is 101 Å². The molecule has 3 heteroatoms. The van der Waals surface area contributed by atoms with Crippen LogP contribution in [0.15, 0.2) is 30.4 Å². The first-order valence-electron chi connectivity index (χ1n) is 5.92. The lowest BCUT2D eigenvalue weighted by atomic mass is 10.0. The molecule has 1 aromatic carbocycles. The van der Waals surface area contributed by atoms with Gasteiger partial charge in [0, 0.05) is 17.7 Å². The van der Waals surface area contributed by atoms with Gasteiger partial charge in [-0.1, -0.05) is 18.2 Å². The van der Waals surface area contributed by atoms with Crippen molar-refractivity contribution in [3.8, 4) is 5.75 Å². The van der Waals surface area contributed by atoms with Crippen LogP contribution in [0.1, 0.15) is 24.8 Å². The Bertz CT molecular complexity index is 452. The zero-order chi connectivity index (χ0) is 12.3. The van der Waals surface area contributed by atoms with Crippen molar-refractivity contribution in [2.75, 3.05) is 5.32 Å². The first-order valence-corrected chi connectivity index (χ1v) is 5.92. The minimum absolute atomic E-state index is 0.00949. The maximum Gasteiger partial charge on any atom is 0.224 e. The van der Waals surface area contributed by atoms with Gasteiger partial charge in [0.1, 0.15) is 5.75 Å². The molecule has 0 aromatic heterocycles. The number of allylic oxidation sites excluding steroid dienone is 2. The van der Waals surface area contributed by atoms with E-state index in [2.05, 4.69) is 17.5 Å². The standard InChI is InChI=1S/C14H17NO2/c1-10-12(7-4-8-13(10)16)15-14(17)9-11-5-2-3-6-11/h2,4-5,7-8,11,16H,3,6,9H2,1H3,(H,15,17). The van der Waals surface area contributed by atoms with Crippen molar-refractivity contribution in [3.05, 3.63) is 35.9 Å². The molecule has 1 atom stereocenters. The Hall–Kier alpha value is -1.77. The Morgan fingerprint density at radius 2 is 2.35 bits per heavy atom. The van der Waals surface area contributed by atoms with Gasteiger partial charge in [-0.25, -0.2) is 0 Å². The van der Waals surface area contributed by atoms with E-state index in [9.17, 15) is 9.90 Å². The molecule has 1 aromatic rings. The molecule has 3 nitrogen and oxygen atoms in total. The molecule has 2 rings (SSSR count). The summed E-state index contributed by atoms with van der Waals surface area (Å²) in [4.78, 5) is 11.8. The van der Waals surface area contributed by atoms with Gasteiger partial charge in [0.15, 0.2) is 0 Å². The van der Waals surface area contributed by atoms with Crippen LogP contribution in [0.2, 0.25) is 0 Å².